The van der Waals surface area contributed by atoms with Crippen LogP contribution in [0.15, 0.2) is 60.7 Å². The molecule has 0 fully saturated rings. The summed E-state index contributed by atoms with van der Waals surface area (Å²) < 4.78 is 0. The summed E-state index contributed by atoms with van der Waals surface area (Å²) >= 11 is 0. The van der Waals surface area contributed by atoms with E-state index >= 15 is 0 Å². The van der Waals surface area contributed by atoms with Gasteiger partial charge in [-0.25, -0.2) is 4.90 Å². The first-order valence-corrected chi connectivity index (χ1v) is 10.3. The molecule has 34 heavy (non-hydrogen) atoms. The monoisotopic (exact) mass is 451 g/mol. The van der Waals surface area contributed by atoms with Gasteiger partial charge >= 0.3 is 0 Å². The highest BCUT2D eigenvalue weighted by molar-refractivity contribution is 6.38. The zero-order valence-corrected chi connectivity index (χ0v) is 17.6. The zero-order valence-electron chi connectivity index (χ0n) is 17.6. The molecular weight excluding hydrogens is 438 g/mol. The van der Waals surface area contributed by atoms with Crippen molar-refractivity contribution in [2.24, 2.45) is 0 Å². The standard InChI is InChI=1S/C25H13N3O6/c1-26-22(29)14-6-2-4-12-18(10-8-16(20(12)14)23(26)30)27-24(31)15-7-3-5-13-19(28(33)34)11-9-17(21(13)15)25(27)32/h2-11H,1H3. The molecule has 0 unspecified atom stereocenters. The van der Waals surface area contributed by atoms with Gasteiger partial charge in [0.05, 0.1) is 16.0 Å². The maximum absolute atomic E-state index is 13.6. The molecule has 0 bridgehead atoms. The molecule has 164 valence electrons. The van der Waals surface area contributed by atoms with E-state index in [1.165, 1.54) is 49.5 Å². The molecule has 6 rings (SSSR count). The van der Waals surface area contributed by atoms with Gasteiger partial charge in [-0.05, 0) is 36.4 Å². The Labute approximate surface area is 190 Å². The molecule has 2 aliphatic heterocycles. The molecule has 0 spiro atoms. The summed E-state index contributed by atoms with van der Waals surface area (Å²) in [7, 11) is 1.40. The van der Waals surface area contributed by atoms with Gasteiger partial charge < -0.3 is 0 Å². The second kappa shape index (κ2) is 6.55. The van der Waals surface area contributed by atoms with Gasteiger partial charge in [0.1, 0.15) is 0 Å². The van der Waals surface area contributed by atoms with Crippen LogP contribution in [-0.2, 0) is 0 Å². The number of nitro benzene ring substituents is 1. The van der Waals surface area contributed by atoms with Gasteiger partial charge in [-0.2, -0.15) is 0 Å². The van der Waals surface area contributed by atoms with Crippen molar-refractivity contribution in [3.63, 3.8) is 0 Å². The Hall–Kier alpha value is -4.92. The van der Waals surface area contributed by atoms with Crippen LogP contribution in [0.25, 0.3) is 21.5 Å². The molecule has 0 radical (unpaired) electrons. The van der Waals surface area contributed by atoms with E-state index in [-0.39, 0.29) is 33.3 Å². The maximum Gasteiger partial charge on any atom is 0.277 e. The van der Waals surface area contributed by atoms with Crippen molar-refractivity contribution >= 4 is 56.5 Å². The van der Waals surface area contributed by atoms with E-state index in [4.69, 9.17) is 0 Å². The average Bonchev–Trinajstić information content (AvgIpc) is 2.84. The van der Waals surface area contributed by atoms with Gasteiger partial charge in [-0.15, -0.1) is 0 Å². The highest BCUT2D eigenvalue weighted by atomic mass is 16.6. The lowest BCUT2D eigenvalue weighted by atomic mass is 9.90. The summed E-state index contributed by atoms with van der Waals surface area (Å²) in [6, 6.07) is 15.0. The normalized spacial score (nSPS) is 15.0. The number of hydrogen-bond acceptors (Lipinski definition) is 6. The zero-order chi connectivity index (χ0) is 23.9. The topological polar surface area (TPSA) is 118 Å². The fourth-order valence-electron chi connectivity index (χ4n) is 4.86. The molecule has 0 atom stereocenters. The number of carbonyl (C=O) groups is 4. The van der Waals surface area contributed by atoms with Crippen molar-refractivity contribution in [3.05, 3.63) is 93.0 Å². The predicted octanol–water partition coefficient (Wildman–Crippen LogP) is 3.93. The van der Waals surface area contributed by atoms with Gasteiger partial charge in [0.2, 0.25) is 0 Å². The minimum atomic E-state index is -0.644. The van der Waals surface area contributed by atoms with E-state index in [1.807, 2.05) is 0 Å². The van der Waals surface area contributed by atoms with Crippen LogP contribution in [0.4, 0.5) is 11.4 Å². The van der Waals surface area contributed by atoms with Crippen molar-refractivity contribution in [2.45, 2.75) is 0 Å². The Morgan fingerprint density at radius 3 is 1.79 bits per heavy atom. The Bertz CT molecular complexity index is 1650. The van der Waals surface area contributed by atoms with Crippen LogP contribution in [-0.4, -0.2) is 40.5 Å². The molecule has 9 nitrogen and oxygen atoms in total. The number of amides is 4. The predicted molar refractivity (Wildman–Crippen MR) is 122 cm³/mol. The quantitative estimate of drug-likeness (QED) is 0.259. The number of benzene rings is 4. The number of nitrogens with zero attached hydrogens (tertiary/aromatic N) is 3. The Morgan fingerprint density at radius 1 is 0.647 bits per heavy atom. The lowest BCUT2D eigenvalue weighted by Gasteiger charge is -2.30. The molecule has 0 N–H and O–H groups in total. The van der Waals surface area contributed by atoms with Crippen LogP contribution in [0, 0.1) is 10.1 Å². The van der Waals surface area contributed by atoms with Crippen LogP contribution >= 0.6 is 0 Å². The molecule has 4 aromatic carbocycles. The molecule has 0 saturated heterocycles. The van der Waals surface area contributed by atoms with Crippen LogP contribution in [0.3, 0.4) is 0 Å². The summed E-state index contributed by atoms with van der Waals surface area (Å²) in [5.41, 5.74) is 0.934. The number of nitro groups is 1. The molecule has 4 aromatic rings. The minimum absolute atomic E-state index is 0.156. The first-order chi connectivity index (χ1) is 16.3. The number of anilines is 1. The van der Waals surface area contributed by atoms with Crippen LogP contribution in [0.2, 0.25) is 0 Å². The number of rotatable bonds is 2. The first kappa shape index (κ1) is 19.7. The molecule has 2 aliphatic rings. The van der Waals surface area contributed by atoms with E-state index in [1.54, 1.807) is 18.2 Å². The average molecular weight is 451 g/mol. The van der Waals surface area contributed by atoms with Crippen molar-refractivity contribution in [2.75, 3.05) is 11.9 Å². The summed E-state index contributed by atoms with van der Waals surface area (Å²) in [4.78, 5) is 65.5. The van der Waals surface area contributed by atoms with Crippen molar-refractivity contribution in [3.8, 4) is 0 Å². The summed E-state index contributed by atoms with van der Waals surface area (Å²) in [5.74, 6) is -2.23. The summed E-state index contributed by atoms with van der Waals surface area (Å²) in [6.45, 7) is 0. The fourth-order valence-corrected chi connectivity index (χ4v) is 4.86. The lowest BCUT2D eigenvalue weighted by molar-refractivity contribution is -0.383. The Morgan fingerprint density at radius 2 is 1.15 bits per heavy atom. The molecular formula is C25H13N3O6. The number of non-ortho nitro benzene ring substituents is 1. The second-order valence-electron chi connectivity index (χ2n) is 8.09. The highest BCUT2D eigenvalue weighted by Gasteiger charge is 2.38. The van der Waals surface area contributed by atoms with E-state index in [2.05, 4.69) is 0 Å². The van der Waals surface area contributed by atoms with E-state index in [0.717, 1.165) is 9.80 Å². The Kier molecular flexibility index (Phi) is 3.80. The molecule has 0 saturated carbocycles. The van der Waals surface area contributed by atoms with E-state index in [0.29, 0.717) is 21.9 Å². The van der Waals surface area contributed by atoms with Crippen LogP contribution in [0.1, 0.15) is 41.4 Å². The smallest absolute Gasteiger partial charge is 0.277 e. The number of carbonyl (C=O) groups excluding carboxylic acids is 4. The third-order valence-electron chi connectivity index (χ3n) is 6.41. The van der Waals surface area contributed by atoms with Crippen molar-refractivity contribution < 1.29 is 24.1 Å². The largest absolute Gasteiger partial charge is 0.277 e. The maximum atomic E-state index is 13.6. The third kappa shape index (κ3) is 2.32. The lowest BCUT2D eigenvalue weighted by Crippen LogP contribution is -2.41. The Balaban J connectivity index is 1.63. The van der Waals surface area contributed by atoms with Crippen LogP contribution in [0.5, 0.6) is 0 Å². The van der Waals surface area contributed by atoms with E-state index in [9.17, 15) is 29.3 Å². The van der Waals surface area contributed by atoms with Gasteiger partial charge in [0.25, 0.3) is 29.3 Å². The van der Waals surface area contributed by atoms with Gasteiger partial charge in [-0.3, -0.25) is 34.2 Å². The first-order valence-electron chi connectivity index (χ1n) is 10.3. The number of hydrogen-bond donors (Lipinski definition) is 0. The van der Waals surface area contributed by atoms with Gasteiger partial charge in [0, 0.05) is 51.5 Å². The van der Waals surface area contributed by atoms with E-state index < -0.39 is 28.6 Å². The van der Waals surface area contributed by atoms with Crippen molar-refractivity contribution in [1.82, 2.24) is 4.90 Å². The molecule has 4 amide bonds. The van der Waals surface area contributed by atoms with Gasteiger partial charge in [0.15, 0.2) is 0 Å². The molecule has 0 aliphatic carbocycles. The minimum Gasteiger partial charge on any atom is -0.277 e. The highest BCUT2D eigenvalue weighted by Crippen LogP contribution is 2.41. The molecule has 0 aromatic heterocycles. The molecule has 9 heteroatoms. The SMILES string of the molecule is CN1C(=O)c2cccc3c(N4C(=O)c5cccc6c([N+](=O)[O-])ccc(c56)C4=O)ccc(c23)C1=O. The van der Waals surface area contributed by atoms with Gasteiger partial charge in [-0.1, -0.05) is 18.2 Å². The molecule has 2 heterocycles. The van der Waals surface area contributed by atoms with Crippen LogP contribution < -0.4 is 4.90 Å². The van der Waals surface area contributed by atoms with Crippen molar-refractivity contribution in [1.29, 1.82) is 0 Å². The third-order valence-corrected chi connectivity index (χ3v) is 6.41. The summed E-state index contributed by atoms with van der Waals surface area (Å²) in [6.07, 6.45) is 0. The fraction of sp³-hybridized carbons (Fsp3) is 0.0400. The number of imide groups is 2. The summed E-state index contributed by atoms with van der Waals surface area (Å²) in [5, 5.41) is 12.7. The second-order valence-corrected chi connectivity index (χ2v) is 8.09.